The maximum Gasteiger partial charge on any atom is 0.207 e. The van der Waals surface area contributed by atoms with Crippen LogP contribution in [0, 0.1) is 0 Å². The van der Waals surface area contributed by atoms with Crippen molar-refractivity contribution in [3.8, 4) is 0 Å². The van der Waals surface area contributed by atoms with Crippen molar-refractivity contribution in [2.24, 2.45) is 10.7 Å². The molecule has 0 saturated heterocycles. The molecule has 160 valence electrons. The number of rotatable bonds is 18. The molecule has 0 spiro atoms. The Morgan fingerprint density at radius 3 is 2.21 bits per heavy atom. The first-order valence-electron chi connectivity index (χ1n) is 11.3. The number of carboxylic acids is 1. The highest BCUT2D eigenvalue weighted by Gasteiger charge is 2.34. The molecule has 1 aliphatic rings. The number of unbranched alkanes of at least 4 members (excludes halogenated alkanes) is 10. The van der Waals surface area contributed by atoms with E-state index in [1.54, 1.807) is 6.20 Å². The summed E-state index contributed by atoms with van der Waals surface area (Å²) in [6.45, 7) is 3.12. The number of aliphatic imine (C=N–C) groups is 1. The second kappa shape index (κ2) is 15.5. The van der Waals surface area contributed by atoms with Gasteiger partial charge in [0.05, 0.1) is 12.2 Å². The first kappa shape index (κ1) is 24.6. The number of nitrogens with zero attached hydrogens (tertiary/aromatic N) is 2. The Balaban J connectivity index is 2.04. The van der Waals surface area contributed by atoms with Crippen LogP contribution in [0.25, 0.3) is 0 Å². The molecule has 5 heteroatoms. The lowest BCUT2D eigenvalue weighted by Gasteiger charge is -2.32. The number of aliphatic carboxylic acids is 1. The maximum atomic E-state index is 11.1. The molecule has 1 aliphatic heterocycles. The Morgan fingerprint density at radius 1 is 1.04 bits per heavy atom. The second-order valence-electron chi connectivity index (χ2n) is 7.87. The lowest BCUT2D eigenvalue weighted by Crippen LogP contribution is -2.55. The SMILES string of the molecule is CC/C=C/CCCCCCCCCCCCC1=NC=C[N+]1(CCN)CC(=O)[O-]. The van der Waals surface area contributed by atoms with Crippen LogP contribution in [0.3, 0.4) is 0 Å². The van der Waals surface area contributed by atoms with Crippen molar-refractivity contribution < 1.29 is 14.4 Å². The van der Waals surface area contributed by atoms with Crippen molar-refractivity contribution in [2.45, 2.75) is 90.4 Å². The highest BCUT2D eigenvalue weighted by Crippen LogP contribution is 2.21. The predicted octanol–water partition coefficient (Wildman–Crippen LogP) is 4.04. The molecular weight excluding hydrogens is 350 g/mol. The molecule has 0 amide bonds. The zero-order valence-electron chi connectivity index (χ0n) is 17.9. The van der Waals surface area contributed by atoms with E-state index in [-0.39, 0.29) is 11.0 Å². The fourth-order valence-electron chi connectivity index (χ4n) is 3.87. The Bertz CT molecular complexity index is 514. The van der Waals surface area contributed by atoms with Gasteiger partial charge in [-0.3, -0.25) is 0 Å². The van der Waals surface area contributed by atoms with Crippen LogP contribution < -0.4 is 10.8 Å². The monoisotopic (exact) mass is 391 g/mol. The van der Waals surface area contributed by atoms with E-state index in [1.165, 1.54) is 64.2 Å². The normalized spacial score (nSPS) is 18.9. The van der Waals surface area contributed by atoms with Crippen LogP contribution >= 0.6 is 0 Å². The van der Waals surface area contributed by atoms with Crippen LogP contribution in [0.5, 0.6) is 0 Å². The van der Waals surface area contributed by atoms with Gasteiger partial charge in [-0.15, -0.1) is 0 Å². The summed E-state index contributed by atoms with van der Waals surface area (Å²) < 4.78 is 0.243. The minimum atomic E-state index is -1.05. The maximum absolute atomic E-state index is 11.1. The quantitative estimate of drug-likeness (QED) is 0.217. The van der Waals surface area contributed by atoms with Gasteiger partial charge in [-0.1, -0.05) is 70.4 Å². The fraction of sp³-hybridized carbons (Fsp3) is 0.739. The summed E-state index contributed by atoms with van der Waals surface area (Å²) in [6.07, 6.45) is 24.2. The van der Waals surface area contributed by atoms with Gasteiger partial charge in [-0.05, 0) is 25.7 Å². The summed E-state index contributed by atoms with van der Waals surface area (Å²) in [7, 11) is 0. The molecule has 5 nitrogen and oxygen atoms in total. The average Bonchev–Trinajstić information content (AvgIpc) is 3.03. The zero-order chi connectivity index (χ0) is 20.5. The summed E-state index contributed by atoms with van der Waals surface area (Å²) in [4.78, 5) is 15.5. The molecule has 1 atom stereocenters. The fourth-order valence-corrected chi connectivity index (χ4v) is 3.87. The molecule has 0 aromatic rings. The molecule has 0 aliphatic carbocycles. The van der Waals surface area contributed by atoms with E-state index >= 15 is 0 Å². The smallest absolute Gasteiger partial charge is 0.207 e. The minimum absolute atomic E-state index is 0.0680. The lowest BCUT2D eigenvalue weighted by atomic mass is 10.0. The van der Waals surface area contributed by atoms with Gasteiger partial charge in [0, 0.05) is 13.0 Å². The number of allylic oxidation sites excluding steroid dienone is 2. The second-order valence-corrected chi connectivity index (χ2v) is 7.87. The topological polar surface area (TPSA) is 78.5 Å². The van der Waals surface area contributed by atoms with Crippen LogP contribution in [0.2, 0.25) is 0 Å². The Kier molecular flexibility index (Phi) is 13.6. The van der Waals surface area contributed by atoms with Gasteiger partial charge in [0.15, 0.2) is 0 Å². The molecule has 1 unspecified atom stereocenters. The van der Waals surface area contributed by atoms with Gasteiger partial charge >= 0.3 is 0 Å². The summed E-state index contributed by atoms with van der Waals surface area (Å²) in [5.41, 5.74) is 5.69. The van der Waals surface area contributed by atoms with Crippen LogP contribution in [0.1, 0.15) is 90.4 Å². The molecule has 2 N–H and O–H groups in total. The van der Waals surface area contributed by atoms with Crippen LogP contribution in [0.4, 0.5) is 0 Å². The zero-order valence-corrected chi connectivity index (χ0v) is 17.9. The minimum Gasteiger partial charge on any atom is -0.544 e. The number of carbonyl (C=O) groups is 1. The largest absolute Gasteiger partial charge is 0.544 e. The first-order chi connectivity index (χ1) is 13.6. The number of amidine groups is 1. The van der Waals surface area contributed by atoms with E-state index < -0.39 is 5.97 Å². The third-order valence-electron chi connectivity index (χ3n) is 5.45. The van der Waals surface area contributed by atoms with E-state index in [0.29, 0.717) is 13.1 Å². The molecule has 0 aromatic heterocycles. The van der Waals surface area contributed by atoms with Gasteiger partial charge in [0.2, 0.25) is 5.84 Å². The molecule has 1 rings (SSSR count). The van der Waals surface area contributed by atoms with Gasteiger partial charge in [-0.25, -0.2) is 9.48 Å². The molecule has 0 aromatic carbocycles. The number of hydrogen-bond acceptors (Lipinski definition) is 4. The van der Waals surface area contributed by atoms with Gasteiger partial charge in [0.1, 0.15) is 19.3 Å². The number of quaternary nitrogens is 1. The third kappa shape index (κ3) is 10.2. The molecule has 0 saturated carbocycles. The molecule has 28 heavy (non-hydrogen) atoms. The Morgan fingerprint density at radius 2 is 1.64 bits per heavy atom. The Labute approximate surface area is 172 Å². The number of hydrogen-bond donors (Lipinski definition) is 1. The van der Waals surface area contributed by atoms with Crippen molar-refractivity contribution in [1.29, 1.82) is 0 Å². The van der Waals surface area contributed by atoms with Crippen molar-refractivity contribution in [3.05, 3.63) is 24.6 Å². The molecule has 0 bridgehead atoms. The van der Waals surface area contributed by atoms with Gasteiger partial charge < -0.3 is 15.6 Å². The number of nitrogens with two attached hydrogens (primary N) is 1. The van der Waals surface area contributed by atoms with Crippen molar-refractivity contribution in [2.75, 3.05) is 19.6 Å². The van der Waals surface area contributed by atoms with Crippen molar-refractivity contribution in [3.63, 3.8) is 0 Å². The van der Waals surface area contributed by atoms with Crippen LogP contribution in [-0.2, 0) is 4.79 Å². The number of carbonyl (C=O) groups excluding carboxylic acids is 1. The van der Waals surface area contributed by atoms with E-state index in [4.69, 9.17) is 5.73 Å². The molecule has 1 heterocycles. The van der Waals surface area contributed by atoms with Crippen LogP contribution in [-0.4, -0.2) is 35.9 Å². The molecular formula is C23H41N3O2. The van der Waals surface area contributed by atoms with Gasteiger partial charge in [0.25, 0.3) is 0 Å². The average molecular weight is 392 g/mol. The molecule has 0 fully saturated rings. The molecule has 0 radical (unpaired) electrons. The third-order valence-corrected chi connectivity index (χ3v) is 5.45. The number of carboxylic acid groups (broad SMARTS) is 1. The highest BCUT2D eigenvalue weighted by molar-refractivity contribution is 5.80. The highest BCUT2D eigenvalue weighted by atomic mass is 16.4. The summed E-state index contributed by atoms with van der Waals surface area (Å²) in [6, 6.07) is 0. The van der Waals surface area contributed by atoms with Crippen molar-refractivity contribution in [1.82, 2.24) is 0 Å². The van der Waals surface area contributed by atoms with Crippen LogP contribution in [0.15, 0.2) is 29.5 Å². The van der Waals surface area contributed by atoms with E-state index in [0.717, 1.165) is 25.1 Å². The van der Waals surface area contributed by atoms with Gasteiger partial charge in [-0.2, -0.15) is 0 Å². The lowest BCUT2D eigenvalue weighted by molar-refractivity contribution is -0.780. The van der Waals surface area contributed by atoms with Crippen molar-refractivity contribution >= 4 is 11.8 Å². The first-order valence-corrected chi connectivity index (χ1v) is 11.3. The summed E-state index contributed by atoms with van der Waals surface area (Å²) >= 11 is 0. The summed E-state index contributed by atoms with van der Waals surface area (Å²) in [5.74, 6) is -0.131. The predicted molar refractivity (Wildman–Crippen MR) is 115 cm³/mol. The standard InChI is InChI=1S/C23H41N3O2/c1-2-3-4-5-6-7-8-9-10-11-12-13-14-15-16-22-25-18-20-26(22,19-17-24)21-23(27)28/h3-4,18,20H,2,5-17,19,21,24H2,1H3/b4-3+. The van der Waals surface area contributed by atoms with E-state index in [9.17, 15) is 9.90 Å². The van der Waals surface area contributed by atoms with E-state index in [2.05, 4.69) is 24.1 Å². The Hall–Kier alpha value is -1.46. The van der Waals surface area contributed by atoms with E-state index in [1.807, 2.05) is 6.20 Å². The summed E-state index contributed by atoms with van der Waals surface area (Å²) in [5, 5.41) is 11.1.